The van der Waals surface area contributed by atoms with E-state index in [4.69, 9.17) is 0 Å². The molecular formula is C12H16Y3-2. The predicted octanol–water partition coefficient (Wildman–Crippen LogP) is 3.54. The van der Waals surface area contributed by atoms with Crippen LogP contribution in [0.25, 0.3) is 0 Å². The van der Waals surface area contributed by atoms with Gasteiger partial charge in [0.05, 0.1) is 0 Å². The van der Waals surface area contributed by atoms with Crippen LogP contribution in [0.15, 0.2) is 18.2 Å². The largest absolute Gasteiger partial charge is 0.338 e. The Labute approximate surface area is 170 Å². The van der Waals surface area contributed by atoms with Crippen LogP contribution in [-0.2, 0) is 98.1 Å². The predicted molar refractivity (Wildman–Crippen MR) is 53.1 cm³/mol. The first-order chi connectivity index (χ1) is 5.61. The average Bonchev–Trinajstić information content (AvgIpc) is 2.04. The van der Waals surface area contributed by atoms with Gasteiger partial charge < -0.3 is 6.92 Å². The summed E-state index contributed by atoms with van der Waals surface area (Å²) in [6, 6.07) is 9.61. The van der Waals surface area contributed by atoms with E-state index in [9.17, 15) is 0 Å². The van der Waals surface area contributed by atoms with Gasteiger partial charge in [0.15, 0.2) is 0 Å². The third kappa shape index (κ3) is 8.28. The SMILES string of the molecule is [CH2-]C(C)c1[c-]cc(C(C)C)cc1.[Y].[Y].[Y]. The molecule has 1 aromatic rings. The fraction of sp³-hybridized carbons (Fsp3) is 0.417. The Hall–Kier alpha value is 2.53. The molecule has 1 unspecified atom stereocenters. The first-order valence-electron chi connectivity index (χ1n) is 4.46. The van der Waals surface area contributed by atoms with Crippen molar-refractivity contribution in [2.45, 2.75) is 32.6 Å². The number of benzene rings is 1. The molecule has 15 heavy (non-hydrogen) atoms. The van der Waals surface area contributed by atoms with Crippen LogP contribution in [0.5, 0.6) is 0 Å². The van der Waals surface area contributed by atoms with Crippen molar-refractivity contribution in [2.75, 3.05) is 0 Å². The van der Waals surface area contributed by atoms with E-state index in [-0.39, 0.29) is 98.1 Å². The van der Waals surface area contributed by atoms with Crippen molar-refractivity contribution in [3.63, 3.8) is 0 Å². The van der Waals surface area contributed by atoms with Crippen molar-refractivity contribution in [2.24, 2.45) is 0 Å². The zero-order valence-electron chi connectivity index (χ0n) is 9.83. The monoisotopic (exact) mass is 427 g/mol. The minimum absolute atomic E-state index is 0. The van der Waals surface area contributed by atoms with Gasteiger partial charge in [-0.05, 0) is 0 Å². The van der Waals surface area contributed by atoms with E-state index in [0.29, 0.717) is 11.8 Å². The molecule has 0 heterocycles. The topological polar surface area (TPSA) is 0 Å². The summed E-state index contributed by atoms with van der Waals surface area (Å²) < 4.78 is 0. The van der Waals surface area contributed by atoms with Crippen LogP contribution in [0, 0.1) is 13.0 Å². The summed E-state index contributed by atoms with van der Waals surface area (Å²) in [5.41, 5.74) is 2.54. The molecule has 0 saturated carbocycles. The molecule has 3 heteroatoms. The molecule has 0 aliphatic rings. The minimum atomic E-state index is 0. The second-order valence-corrected chi connectivity index (χ2v) is 3.63. The van der Waals surface area contributed by atoms with Gasteiger partial charge in [-0.3, -0.25) is 0 Å². The summed E-state index contributed by atoms with van der Waals surface area (Å²) in [5, 5.41) is 0. The molecule has 0 N–H and O–H groups in total. The summed E-state index contributed by atoms with van der Waals surface area (Å²) in [6.07, 6.45) is 0. The molecule has 75 valence electrons. The fourth-order valence-corrected chi connectivity index (χ4v) is 1.11. The van der Waals surface area contributed by atoms with Crippen molar-refractivity contribution in [3.05, 3.63) is 42.3 Å². The Bertz CT molecular complexity index is 213. The van der Waals surface area contributed by atoms with Crippen LogP contribution < -0.4 is 0 Å². The maximum atomic E-state index is 3.95. The molecule has 1 atom stereocenters. The van der Waals surface area contributed by atoms with E-state index in [2.05, 4.69) is 52.0 Å². The molecule has 0 bridgehead atoms. The molecule has 1 aromatic carbocycles. The first kappa shape index (κ1) is 22.7. The quantitative estimate of drug-likeness (QED) is 0.634. The zero-order valence-corrected chi connectivity index (χ0v) is 18.3. The number of rotatable bonds is 2. The van der Waals surface area contributed by atoms with Crippen molar-refractivity contribution >= 4 is 0 Å². The Morgan fingerprint density at radius 1 is 1.07 bits per heavy atom. The minimum Gasteiger partial charge on any atom is -0.338 e. The van der Waals surface area contributed by atoms with Crippen molar-refractivity contribution in [1.29, 1.82) is 0 Å². The summed E-state index contributed by atoms with van der Waals surface area (Å²) >= 11 is 0. The summed E-state index contributed by atoms with van der Waals surface area (Å²) in [7, 11) is 0. The van der Waals surface area contributed by atoms with E-state index < -0.39 is 0 Å². The van der Waals surface area contributed by atoms with Crippen molar-refractivity contribution in [1.82, 2.24) is 0 Å². The summed E-state index contributed by atoms with van der Waals surface area (Å²) in [4.78, 5) is 0. The maximum Gasteiger partial charge on any atom is 0 e. The van der Waals surface area contributed by atoms with Gasteiger partial charge in [-0.15, -0.1) is 0 Å². The van der Waals surface area contributed by atoms with Crippen LogP contribution >= 0.6 is 0 Å². The normalized spacial score (nSPS) is 10.7. The summed E-state index contributed by atoms with van der Waals surface area (Å²) in [6.45, 7) is 10.4. The van der Waals surface area contributed by atoms with Crippen LogP contribution in [0.2, 0.25) is 0 Å². The number of hydrogen-bond acceptors (Lipinski definition) is 0. The maximum absolute atomic E-state index is 3.95. The van der Waals surface area contributed by atoms with E-state index >= 15 is 0 Å². The molecule has 0 amide bonds. The van der Waals surface area contributed by atoms with E-state index in [1.54, 1.807) is 0 Å². The van der Waals surface area contributed by atoms with Gasteiger partial charge in [0.1, 0.15) is 0 Å². The molecule has 0 aliphatic heterocycles. The first-order valence-corrected chi connectivity index (χ1v) is 4.46. The van der Waals surface area contributed by atoms with Gasteiger partial charge >= 0.3 is 0 Å². The Balaban J connectivity index is -0.000000480. The molecule has 0 nitrogen and oxygen atoms in total. The molecule has 0 spiro atoms. The third-order valence-electron chi connectivity index (χ3n) is 2.06. The van der Waals surface area contributed by atoms with E-state index in [0.717, 1.165) is 0 Å². The Kier molecular flexibility index (Phi) is 17.6. The Morgan fingerprint density at radius 2 is 1.60 bits per heavy atom. The van der Waals surface area contributed by atoms with Crippen LogP contribution in [0.1, 0.15) is 43.7 Å². The average molecular weight is 427 g/mol. The van der Waals surface area contributed by atoms with Crippen molar-refractivity contribution < 1.29 is 98.1 Å². The van der Waals surface area contributed by atoms with Crippen LogP contribution in [0.4, 0.5) is 0 Å². The molecular weight excluding hydrogens is 411 g/mol. The molecule has 0 saturated heterocycles. The smallest absolute Gasteiger partial charge is 0 e. The molecule has 0 aromatic heterocycles. The van der Waals surface area contributed by atoms with E-state index in [1.807, 2.05) is 0 Å². The van der Waals surface area contributed by atoms with Gasteiger partial charge in [0, 0.05) is 98.1 Å². The van der Waals surface area contributed by atoms with Gasteiger partial charge in [-0.1, -0.05) is 26.7 Å². The number of hydrogen-bond donors (Lipinski definition) is 0. The van der Waals surface area contributed by atoms with Crippen molar-refractivity contribution in [3.8, 4) is 0 Å². The van der Waals surface area contributed by atoms with Gasteiger partial charge in [0.2, 0.25) is 0 Å². The zero-order chi connectivity index (χ0) is 9.14. The molecule has 0 fully saturated rings. The van der Waals surface area contributed by atoms with Crippen LogP contribution in [-0.4, -0.2) is 0 Å². The third-order valence-corrected chi connectivity index (χ3v) is 2.06. The van der Waals surface area contributed by atoms with E-state index in [1.165, 1.54) is 11.1 Å². The molecule has 3 radical (unpaired) electrons. The second kappa shape index (κ2) is 11.6. The Morgan fingerprint density at radius 3 is 1.87 bits per heavy atom. The second-order valence-electron chi connectivity index (χ2n) is 3.63. The van der Waals surface area contributed by atoms with Crippen LogP contribution in [0.3, 0.4) is 0 Å². The standard InChI is InChI=1S/C12H16.3Y/c1-9(2)11-5-7-12(8-6-11)10(3)4;;;/h5,7-10H,1H2,2-4H3;;;/q-2;;;. The van der Waals surface area contributed by atoms with Gasteiger partial charge in [-0.25, -0.2) is 0 Å². The van der Waals surface area contributed by atoms with Gasteiger partial charge in [-0.2, -0.15) is 41.3 Å². The van der Waals surface area contributed by atoms with Gasteiger partial charge in [0.25, 0.3) is 0 Å². The fourth-order valence-electron chi connectivity index (χ4n) is 1.11. The molecule has 0 aliphatic carbocycles. The molecule has 1 rings (SSSR count). The summed E-state index contributed by atoms with van der Waals surface area (Å²) in [5.74, 6) is 0.932.